The minimum Gasteiger partial charge on any atom is -0.439 e. The highest BCUT2D eigenvalue weighted by Crippen LogP contribution is 2.28. The molecule has 0 unspecified atom stereocenters. The summed E-state index contributed by atoms with van der Waals surface area (Å²) in [7, 11) is 0. The van der Waals surface area contributed by atoms with Crippen LogP contribution in [0.15, 0.2) is 33.9 Å². The summed E-state index contributed by atoms with van der Waals surface area (Å²) in [5.41, 5.74) is 3.51. The number of rotatable bonds is 4. The number of thioether (sulfide) groups is 1. The van der Waals surface area contributed by atoms with Gasteiger partial charge in [0, 0.05) is 10.5 Å². The van der Waals surface area contributed by atoms with Crippen molar-refractivity contribution in [2.75, 3.05) is 11.7 Å². The molecule has 5 nitrogen and oxygen atoms in total. The minimum absolute atomic E-state index is 0.456. The Kier molecular flexibility index (Phi) is 4.62. The van der Waals surface area contributed by atoms with Gasteiger partial charge < -0.3 is 10.2 Å². The monoisotopic (exact) mass is 340 g/mol. The van der Waals surface area contributed by atoms with Crippen LogP contribution in [0.25, 0.3) is 0 Å². The molecule has 3 N–H and O–H groups in total. The number of hydrazine groups is 1. The molecule has 0 fully saturated rings. The number of ether oxygens (including phenoxy) is 1. The molecule has 0 aliphatic carbocycles. The van der Waals surface area contributed by atoms with Crippen LogP contribution in [-0.4, -0.2) is 16.2 Å². The van der Waals surface area contributed by atoms with Gasteiger partial charge in [0.15, 0.2) is 5.16 Å². The SMILES string of the molecule is CSc1nc(NN)cc(Oc2ccc(Br)cc2C)n1. The maximum absolute atomic E-state index is 5.77. The molecule has 1 aromatic heterocycles. The second-order valence-electron chi connectivity index (χ2n) is 3.73. The maximum Gasteiger partial charge on any atom is 0.225 e. The van der Waals surface area contributed by atoms with E-state index in [2.05, 4.69) is 31.3 Å². The largest absolute Gasteiger partial charge is 0.439 e. The van der Waals surface area contributed by atoms with E-state index in [4.69, 9.17) is 10.6 Å². The third-order valence-corrected chi connectivity index (χ3v) is 3.41. The van der Waals surface area contributed by atoms with Crippen molar-refractivity contribution in [3.05, 3.63) is 34.3 Å². The number of nitrogen functional groups attached to an aromatic ring is 1. The third kappa shape index (κ3) is 3.59. The van der Waals surface area contributed by atoms with Gasteiger partial charge in [0.05, 0.1) is 0 Å². The van der Waals surface area contributed by atoms with Gasteiger partial charge in [-0.15, -0.1) is 0 Å². The number of anilines is 1. The number of halogens is 1. The maximum atomic E-state index is 5.77. The van der Waals surface area contributed by atoms with Crippen LogP contribution in [-0.2, 0) is 0 Å². The van der Waals surface area contributed by atoms with E-state index in [-0.39, 0.29) is 0 Å². The predicted octanol–water partition coefficient (Wildman–Crippen LogP) is 3.35. The number of hydrogen-bond acceptors (Lipinski definition) is 6. The number of aryl methyl sites for hydroxylation is 1. The third-order valence-electron chi connectivity index (χ3n) is 2.36. The average molecular weight is 341 g/mol. The molecule has 0 spiro atoms. The van der Waals surface area contributed by atoms with Crippen molar-refractivity contribution in [3.63, 3.8) is 0 Å². The standard InChI is InChI=1S/C12H13BrN4OS/c1-7-5-8(13)3-4-9(7)18-11-6-10(17-14)15-12(16-11)19-2/h3-6H,14H2,1-2H3,(H,15,16,17). The van der Waals surface area contributed by atoms with E-state index in [0.717, 1.165) is 15.8 Å². The lowest BCUT2D eigenvalue weighted by atomic mass is 10.2. The Hall–Kier alpha value is -1.31. The zero-order valence-corrected chi connectivity index (χ0v) is 12.9. The molecule has 0 aliphatic heterocycles. The van der Waals surface area contributed by atoms with Crippen LogP contribution >= 0.6 is 27.7 Å². The van der Waals surface area contributed by atoms with Crippen molar-refractivity contribution < 1.29 is 4.74 Å². The van der Waals surface area contributed by atoms with Crippen molar-refractivity contribution in [2.24, 2.45) is 5.84 Å². The van der Waals surface area contributed by atoms with E-state index < -0.39 is 0 Å². The van der Waals surface area contributed by atoms with E-state index in [1.165, 1.54) is 11.8 Å². The Morgan fingerprint density at radius 3 is 2.74 bits per heavy atom. The molecule has 0 bridgehead atoms. The number of benzene rings is 1. The Morgan fingerprint density at radius 1 is 1.32 bits per heavy atom. The molecule has 0 aliphatic rings. The van der Waals surface area contributed by atoms with Crippen molar-refractivity contribution in [3.8, 4) is 11.6 Å². The van der Waals surface area contributed by atoms with Gasteiger partial charge in [-0.1, -0.05) is 27.7 Å². The number of hydrogen-bond donors (Lipinski definition) is 2. The molecule has 2 aromatic rings. The first kappa shape index (κ1) is 14.1. The van der Waals surface area contributed by atoms with E-state index in [0.29, 0.717) is 16.9 Å². The summed E-state index contributed by atoms with van der Waals surface area (Å²) in [6, 6.07) is 7.44. The van der Waals surface area contributed by atoms with E-state index in [1.807, 2.05) is 31.4 Å². The van der Waals surface area contributed by atoms with Crippen molar-refractivity contribution in [1.29, 1.82) is 0 Å². The number of nitrogens with two attached hydrogens (primary N) is 1. The van der Waals surface area contributed by atoms with Crippen LogP contribution in [0.3, 0.4) is 0 Å². The van der Waals surface area contributed by atoms with Gasteiger partial charge in [0.1, 0.15) is 11.6 Å². The Morgan fingerprint density at radius 2 is 2.11 bits per heavy atom. The number of nitrogens with zero attached hydrogens (tertiary/aromatic N) is 2. The first-order valence-corrected chi connectivity index (χ1v) is 7.48. The van der Waals surface area contributed by atoms with Crippen LogP contribution < -0.4 is 16.0 Å². The fourth-order valence-corrected chi connectivity index (χ4v) is 2.31. The van der Waals surface area contributed by atoms with E-state index >= 15 is 0 Å². The minimum atomic E-state index is 0.456. The van der Waals surface area contributed by atoms with E-state index in [1.54, 1.807) is 6.07 Å². The van der Waals surface area contributed by atoms with Gasteiger partial charge in [0.2, 0.25) is 5.88 Å². The van der Waals surface area contributed by atoms with E-state index in [9.17, 15) is 0 Å². The van der Waals surface area contributed by atoms with Crippen molar-refractivity contribution in [2.45, 2.75) is 12.1 Å². The topological polar surface area (TPSA) is 73.1 Å². The normalized spacial score (nSPS) is 10.3. The van der Waals surface area contributed by atoms with Crippen LogP contribution in [0.4, 0.5) is 5.82 Å². The van der Waals surface area contributed by atoms with Gasteiger partial charge >= 0.3 is 0 Å². The Labute approximate surface area is 124 Å². The smallest absolute Gasteiger partial charge is 0.225 e. The van der Waals surface area contributed by atoms with Gasteiger partial charge in [-0.3, -0.25) is 0 Å². The molecular formula is C12H13BrN4OS. The molecule has 0 amide bonds. The summed E-state index contributed by atoms with van der Waals surface area (Å²) < 4.78 is 6.78. The molecule has 100 valence electrons. The lowest BCUT2D eigenvalue weighted by molar-refractivity contribution is 0.452. The highest BCUT2D eigenvalue weighted by atomic mass is 79.9. The Balaban J connectivity index is 2.31. The Bertz CT molecular complexity index is 572. The fraction of sp³-hybridized carbons (Fsp3) is 0.167. The molecule has 1 heterocycles. The number of nitrogens with one attached hydrogen (secondary N) is 1. The summed E-state index contributed by atoms with van der Waals surface area (Å²) in [6.45, 7) is 1.97. The second-order valence-corrected chi connectivity index (χ2v) is 5.42. The van der Waals surface area contributed by atoms with Crippen LogP contribution in [0.1, 0.15) is 5.56 Å². The molecule has 7 heteroatoms. The number of aromatic nitrogens is 2. The van der Waals surface area contributed by atoms with Gasteiger partial charge in [-0.05, 0) is 36.9 Å². The molecule has 19 heavy (non-hydrogen) atoms. The summed E-state index contributed by atoms with van der Waals surface area (Å²) in [4.78, 5) is 8.46. The predicted molar refractivity (Wildman–Crippen MR) is 80.6 cm³/mol. The molecule has 0 radical (unpaired) electrons. The van der Waals surface area contributed by atoms with Crippen LogP contribution in [0, 0.1) is 6.92 Å². The first-order valence-electron chi connectivity index (χ1n) is 5.46. The highest BCUT2D eigenvalue weighted by Gasteiger charge is 2.07. The zero-order valence-electron chi connectivity index (χ0n) is 10.5. The zero-order chi connectivity index (χ0) is 13.8. The first-order chi connectivity index (χ1) is 9.12. The molecule has 2 rings (SSSR count). The van der Waals surface area contributed by atoms with Gasteiger partial charge in [0.25, 0.3) is 0 Å². The summed E-state index contributed by atoms with van der Waals surface area (Å²) in [5.74, 6) is 7.10. The van der Waals surface area contributed by atoms with Crippen LogP contribution in [0.2, 0.25) is 0 Å². The van der Waals surface area contributed by atoms with Gasteiger partial charge in [-0.2, -0.15) is 4.98 Å². The van der Waals surface area contributed by atoms with Crippen molar-refractivity contribution in [1.82, 2.24) is 9.97 Å². The lowest BCUT2D eigenvalue weighted by Crippen LogP contribution is -2.09. The quantitative estimate of drug-likeness (QED) is 0.385. The summed E-state index contributed by atoms with van der Waals surface area (Å²) in [6.07, 6.45) is 1.89. The fourth-order valence-electron chi connectivity index (χ4n) is 1.46. The van der Waals surface area contributed by atoms with Crippen LogP contribution in [0.5, 0.6) is 11.6 Å². The molecule has 1 aromatic carbocycles. The van der Waals surface area contributed by atoms with Gasteiger partial charge in [-0.25, -0.2) is 10.8 Å². The average Bonchev–Trinajstić information content (AvgIpc) is 2.41. The summed E-state index contributed by atoms with van der Waals surface area (Å²) >= 11 is 4.84. The highest BCUT2D eigenvalue weighted by molar-refractivity contribution is 9.10. The molecule has 0 atom stereocenters. The summed E-state index contributed by atoms with van der Waals surface area (Å²) in [5, 5.41) is 0.597. The lowest BCUT2D eigenvalue weighted by Gasteiger charge is -2.10. The molecule has 0 saturated carbocycles. The molecular weight excluding hydrogens is 328 g/mol. The molecule has 0 saturated heterocycles. The van der Waals surface area contributed by atoms with Crippen molar-refractivity contribution >= 4 is 33.5 Å². The second kappa shape index (κ2) is 6.23.